The molecule has 0 radical (unpaired) electrons. The maximum absolute atomic E-state index is 13.4. The van der Waals surface area contributed by atoms with Crippen LogP contribution < -0.4 is 10.4 Å². The molecule has 0 saturated carbocycles. The van der Waals surface area contributed by atoms with E-state index in [-0.39, 0.29) is 11.6 Å². The van der Waals surface area contributed by atoms with Gasteiger partial charge in [0.1, 0.15) is 0 Å². The van der Waals surface area contributed by atoms with Gasteiger partial charge in [-0.2, -0.15) is 0 Å². The van der Waals surface area contributed by atoms with E-state index in [4.69, 9.17) is 9.41 Å². The molecule has 0 aliphatic rings. The van der Waals surface area contributed by atoms with Crippen LogP contribution in [0.2, 0.25) is 0 Å². The molecule has 32 heavy (non-hydrogen) atoms. The maximum atomic E-state index is 13.4. The number of nitrogens with zero attached hydrogens (tertiary/aromatic N) is 4. The van der Waals surface area contributed by atoms with Gasteiger partial charge in [-0.1, -0.05) is 32.0 Å². The lowest BCUT2D eigenvalue weighted by atomic mass is 10.0. The minimum absolute atomic E-state index is 0.120. The first-order valence-corrected chi connectivity index (χ1v) is 11.9. The fourth-order valence-corrected chi connectivity index (χ4v) is 4.90. The molecule has 4 aromatic rings. The van der Waals surface area contributed by atoms with Crippen molar-refractivity contribution in [3.63, 3.8) is 0 Å². The van der Waals surface area contributed by atoms with Crippen molar-refractivity contribution in [3.8, 4) is 17.1 Å². The SMILES string of the molecule is Cc1c(N=c2scc(-c3ccco3)n2C(C)CCC(C)C)c(=O)n(-c2ccccc2)n1C. The van der Waals surface area contributed by atoms with Crippen molar-refractivity contribution in [3.05, 3.63) is 75.0 Å². The minimum Gasteiger partial charge on any atom is -0.463 e. The van der Waals surface area contributed by atoms with Crippen LogP contribution in [-0.2, 0) is 7.05 Å². The third kappa shape index (κ3) is 4.17. The lowest BCUT2D eigenvalue weighted by molar-refractivity contribution is 0.433. The third-order valence-corrected chi connectivity index (χ3v) is 6.69. The van der Waals surface area contributed by atoms with E-state index in [0.717, 1.165) is 40.5 Å². The van der Waals surface area contributed by atoms with Gasteiger partial charge in [-0.3, -0.25) is 9.48 Å². The molecule has 1 atom stereocenters. The van der Waals surface area contributed by atoms with Gasteiger partial charge in [0.2, 0.25) is 0 Å². The molecular weight excluding hydrogens is 420 g/mol. The van der Waals surface area contributed by atoms with E-state index in [1.807, 2.05) is 61.1 Å². The summed E-state index contributed by atoms with van der Waals surface area (Å²) in [7, 11) is 1.89. The molecule has 0 saturated heterocycles. The van der Waals surface area contributed by atoms with Crippen LogP contribution in [0.3, 0.4) is 0 Å². The van der Waals surface area contributed by atoms with E-state index in [1.54, 1.807) is 10.9 Å². The van der Waals surface area contributed by atoms with E-state index in [1.165, 1.54) is 11.3 Å². The van der Waals surface area contributed by atoms with E-state index in [0.29, 0.717) is 11.6 Å². The first kappa shape index (κ1) is 22.1. The average molecular weight is 451 g/mol. The highest BCUT2D eigenvalue weighted by Crippen LogP contribution is 2.27. The number of rotatable bonds is 7. The Morgan fingerprint density at radius 3 is 2.47 bits per heavy atom. The molecule has 0 aliphatic carbocycles. The molecule has 0 fully saturated rings. The molecule has 0 amide bonds. The molecule has 3 aromatic heterocycles. The fourth-order valence-electron chi connectivity index (χ4n) is 3.91. The maximum Gasteiger partial charge on any atom is 0.297 e. The van der Waals surface area contributed by atoms with Gasteiger partial charge in [-0.25, -0.2) is 9.67 Å². The summed E-state index contributed by atoms with van der Waals surface area (Å²) < 4.78 is 11.4. The van der Waals surface area contributed by atoms with Gasteiger partial charge in [0.15, 0.2) is 16.2 Å². The van der Waals surface area contributed by atoms with Crippen molar-refractivity contribution in [2.45, 2.75) is 46.6 Å². The molecule has 0 bridgehead atoms. The van der Waals surface area contributed by atoms with Gasteiger partial charge < -0.3 is 8.98 Å². The fraction of sp³-hybridized carbons (Fsp3) is 0.360. The summed E-state index contributed by atoms with van der Waals surface area (Å²) in [5.41, 5.74) is 2.99. The van der Waals surface area contributed by atoms with Crippen LogP contribution in [0, 0.1) is 12.8 Å². The molecule has 7 heteroatoms. The van der Waals surface area contributed by atoms with Crippen molar-refractivity contribution in [2.75, 3.05) is 0 Å². The van der Waals surface area contributed by atoms with Crippen molar-refractivity contribution in [1.82, 2.24) is 13.9 Å². The molecule has 0 aliphatic heterocycles. The predicted molar refractivity (Wildman–Crippen MR) is 130 cm³/mol. The Morgan fingerprint density at radius 1 is 1.06 bits per heavy atom. The van der Waals surface area contributed by atoms with Gasteiger partial charge in [-0.05, 0) is 56.9 Å². The normalized spacial score (nSPS) is 13.2. The second-order valence-electron chi connectivity index (χ2n) is 8.59. The third-order valence-electron chi connectivity index (χ3n) is 5.85. The lowest BCUT2D eigenvalue weighted by Gasteiger charge is -2.17. The standard InChI is InChI=1S/C25H30N4O2S/c1-17(2)13-14-18(3)28-21(22-12-9-15-31-22)16-32-25(28)26-23-19(4)27(5)29(24(23)30)20-10-7-6-8-11-20/h6-12,15-18H,13-14H2,1-5H3. The first-order valence-electron chi connectivity index (χ1n) is 11.0. The van der Waals surface area contributed by atoms with Crippen LogP contribution in [0.5, 0.6) is 0 Å². The largest absolute Gasteiger partial charge is 0.463 e. The smallest absolute Gasteiger partial charge is 0.297 e. The van der Waals surface area contributed by atoms with Crippen molar-refractivity contribution in [2.24, 2.45) is 18.0 Å². The van der Waals surface area contributed by atoms with Crippen LogP contribution in [0.4, 0.5) is 5.69 Å². The number of aromatic nitrogens is 3. The van der Waals surface area contributed by atoms with Crippen LogP contribution in [0.15, 0.2) is 68.3 Å². The minimum atomic E-state index is -0.120. The summed E-state index contributed by atoms with van der Waals surface area (Å²) in [6, 6.07) is 13.8. The highest BCUT2D eigenvalue weighted by Gasteiger charge is 2.19. The summed E-state index contributed by atoms with van der Waals surface area (Å²) in [6.07, 6.45) is 3.83. The molecule has 1 unspecified atom stereocenters. The molecule has 6 nitrogen and oxygen atoms in total. The Morgan fingerprint density at radius 2 is 1.81 bits per heavy atom. The number of thiazole rings is 1. The van der Waals surface area contributed by atoms with Crippen LogP contribution >= 0.6 is 11.3 Å². The lowest BCUT2D eigenvalue weighted by Crippen LogP contribution is -2.22. The van der Waals surface area contributed by atoms with E-state index in [9.17, 15) is 4.79 Å². The summed E-state index contributed by atoms with van der Waals surface area (Å²) in [4.78, 5) is 19.1. The second-order valence-corrected chi connectivity index (χ2v) is 9.43. The molecule has 0 N–H and O–H groups in total. The van der Waals surface area contributed by atoms with Crippen LogP contribution in [0.1, 0.15) is 45.3 Å². The van der Waals surface area contributed by atoms with Crippen molar-refractivity contribution < 1.29 is 4.42 Å². The number of hydrogen-bond donors (Lipinski definition) is 0. The summed E-state index contributed by atoms with van der Waals surface area (Å²) in [5, 5.41) is 2.07. The zero-order valence-electron chi connectivity index (χ0n) is 19.3. The number of para-hydroxylation sites is 1. The Bertz CT molecular complexity index is 1300. The Labute approximate surface area is 192 Å². The van der Waals surface area contributed by atoms with Crippen LogP contribution in [-0.4, -0.2) is 13.9 Å². The predicted octanol–water partition coefficient (Wildman–Crippen LogP) is 5.84. The van der Waals surface area contributed by atoms with Gasteiger partial charge in [0.05, 0.1) is 23.3 Å². The quantitative estimate of drug-likeness (QED) is 0.355. The van der Waals surface area contributed by atoms with Crippen LogP contribution in [0.25, 0.3) is 17.1 Å². The van der Waals surface area contributed by atoms with Gasteiger partial charge in [0.25, 0.3) is 5.56 Å². The Hall–Kier alpha value is -3.06. The molecule has 168 valence electrons. The molecular formula is C25H30N4O2S. The molecule has 0 spiro atoms. The van der Waals surface area contributed by atoms with Gasteiger partial charge >= 0.3 is 0 Å². The number of benzene rings is 1. The summed E-state index contributed by atoms with van der Waals surface area (Å²) in [5.74, 6) is 1.43. The number of hydrogen-bond acceptors (Lipinski definition) is 4. The van der Waals surface area contributed by atoms with E-state index in [2.05, 4.69) is 30.7 Å². The van der Waals surface area contributed by atoms with Gasteiger partial charge in [0, 0.05) is 18.5 Å². The van der Waals surface area contributed by atoms with E-state index >= 15 is 0 Å². The van der Waals surface area contributed by atoms with E-state index < -0.39 is 0 Å². The topological polar surface area (TPSA) is 57.4 Å². The zero-order chi connectivity index (χ0) is 22.8. The highest BCUT2D eigenvalue weighted by molar-refractivity contribution is 7.07. The van der Waals surface area contributed by atoms with Gasteiger partial charge in [-0.15, -0.1) is 11.3 Å². The zero-order valence-corrected chi connectivity index (χ0v) is 20.1. The van der Waals surface area contributed by atoms with Crippen molar-refractivity contribution >= 4 is 17.0 Å². The highest BCUT2D eigenvalue weighted by atomic mass is 32.1. The Kier molecular flexibility index (Phi) is 6.37. The second kappa shape index (κ2) is 9.20. The molecule has 4 rings (SSSR count). The Balaban J connectivity index is 1.88. The first-order chi connectivity index (χ1) is 15.4. The molecule has 3 heterocycles. The molecule has 1 aromatic carbocycles. The monoisotopic (exact) mass is 450 g/mol. The number of furan rings is 1. The van der Waals surface area contributed by atoms with Crippen molar-refractivity contribution in [1.29, 1.82) is 0 Å². The summed E-state index contributed by atoms with van der Waals surface area (Å²) >= 11 is 1.54. The summed E-state index contributed by atoms with van der Waals surface area (Å²) in [6.45, 7) is 8.63. The average Bonchev–Trinajstić information content (AvgIpc) is 3.49.